The van der Waals surface area contributed by atoms with Crippen LogP contribution in [0.2, 0.25) is 5.02 Å². The number of rotatable bonds is 5. The zero-order valence-electron chi connectivity index (χ0n) is 11.8. The second kappa shape index (κ2) is 6.87. The van der Waals surface area contributed by atoms with E-state index in [1.54, 1.807) is 12.1 Å². The maximum Gasteiger partial charge on any atom is 0.184 e. The van der Waals surface area contributed by atoms with E-state index in [4.69, 9.17) is 16.3 Å². The van der Waals surface area contributed by atoms with Gasteiger partial charge in [-0.15, -0.1) is 0 Å². The molecule has 1 unspecified atom stereocenters. The molecule has 0 saturated carbocycles. The van der Waals surface area contributed by atoms with Gasteiger partial charge in [0.1, 0.15) is 11.6 Å². The van der Waals surface area contributed by atoms with Gasteiger partial charge in [-0.1, -0.05) is 30.7 Å². The SMILES string of the molecule is CCNC(C)c1c(F)cccc1Oc1cccc(Cl)c1F. The van der Waals surface area contributed by atoms with Crippen LogP contribution in [-0.4, -0.2) is 6.54 Å². The molecule has 0 amide bonds. The summed E-state index contributed by atoms with van der Waals surface area (Å²) < 4.78 is 33.5. The third-order valence-electron chi connectivity index (χ3n) is 3.09. The fourth-order valence-corrected chi connectivity index (χ4v) is 2.28. The summed E-state index contributed by atoms with van der Waals surface area (Å²) in [6.07, 6.45) is 0. The first-order chi connectivity index (χ1) is 10.0. The number of halogens is 3. The van der Waals surface area contributed by atoms with E-state index in [1.165, 1.54) is 24.3 Å². The van der Waals surface area contributed by atoms with Gasteiger partial charge in [0.15, 0.2) is 11.6 Å². The van der Waals surface area contributed by atoms with Gasteiger partial charge in [-0.2, -0.15) is 0 Å². The van der Waals surface area contributed by atoms with Crippen LogP contribution < -0.4 is 10.1 Å². The largest absolute Gasteiger partial charge is 0.454 e. The number of ether oxygens (including phenoxy) is 1. The summed E-state index contributed by atoms with van der Waals surface area (Å²) in [5, 5.41) is 3.08. The van der Waals surface area contributed by atoms with E-state index in [-0.39, 0.29) is 22.6 Å². The van der Waals surface area contributed by atoms with Crippen LogP contribution in [0.5, 0.6) is 11.5 Å². The minimum absolute atomic E-state index is 0.0296. The van der Waals surface area contributed by atoms with Gasteiger partial charge in [0, 0.05) is 11.6 Å². The molecule has 0 spiro atoms. The highest BCUT2D eigenvalue weighted by molar-refractivity contribution is 6.30. The Kier molecular flexibility index (Phi) is 5.15. The molecule has 1 N–H and O–H groups in total. The van der Waals surface area contributed by atoms with Gasteiger partial charge in [0.05, 0.1) is 5.02 Å². The number of nitrogens with one attached hydrogen (secondary N) is 1. The van der Waals surface area contributed by atoms with Crippen LogP contribution in [0.25, 0.3) is 0 Å². The summed E-state index contributed by atoms with van der Waals surface area (Å²) in [6, 6.07) is 8.68. The van der Waals surface area contributed by atoms with Crippen molar-refractivity contribution < 1.29 is 13.5 Å². The van der Waals surface area contributed by atoms with Crippen LogP contribution in [0.1, 0.15) is 25.5 Å². The average molecular weight is 312 g/mol. The van der Waals surface area contributed by atoms with Crippen LogP contribution in [0.3, 0.4) is 0 Å². The van der Waals surface area contributed by atoms with Crippen molar-refractivity contribution in [2.24, 2.45) is 0 Å². The van der Waals surface area contributed by atoms with Gasteiger partial charge >= 0.3 is 0 Å². The lowest BCUT2D eigenvalue weighted by molar-refractivity contribution is 0.421. The molecule has 112 valence electrons. The quantitative estimate of drug-likeness (QED) is 0.831. The van der Waals surface area contributed by atoms with Crippen molar-refractivity contribution in [3.63, 3.8) is 0 Å². The van der Waals surface area contributed by atoms with E-state index < -0.39 is 11.6 Å². The fraction of sp³-hybridized carbons (Fsp3) is 0.250. The van der Waals surface area contributed by atoms with Crippen LogP contribution in [-0.2, 0) is 0 Å². The van der Waals surface area contributed by atoms with E-state index in [1.807, 2.05) is 13.8 Å². The van der Waals surface area contributed by atoms with E-state index >= 15 is 0 Å². The summed E-state index contributed by atoms with van der Waals surface area (Å²) in [5.74, 6) is -0.823. The van der Waals surface area contributed by atoms with E-state index in [2.05, 4.69) is 5.32 Å². The van der Waals surface area contributed by atoms with Crippen LogP contribution in [0.15, 0.2) is 36.4 Å². The summed E-state index contributed by atoms with van der Waals surface area (Å²) in [6.45, 7) is 4.43. The molecule has 21 heavy (non-hydrogen) atoms. The topological polar surface area (TPSA) is 21.3 Å². The third kappa shape index (κ3) is 3.52. The molecule has 0 heterocycles. The van der Waals surface area contributed by atoms with Gasteiger partial charge in [0.25, 0.3) is 0 Å². The Labute approximate surface area is 127 Å². The highest BCUT2D eigenvalue weighted by Crippen LogP contribution is 2.34. The lowest BCUT2D eigenvalue weighted by Gasteiger charge is -2.18. The van der Waals surface area contributed by atoms with Crippen LogP contribution in [0, 0.1) is 11.6 Å². The first-order valence-corrected chi connectivity index (χ1v) is 7.06. The summed E-state index contributed by atoms with van der Waals surface area (Å²) in [4.78, 5) is 0. The minimum atomic E-state index is -0.662. The van der Waals surface area contributed by atoms with Crippen molar-refractivity contribution in [3.8, 4) is 11.5 Å². The van der Waals surface area contributed by atoms with Gasteiger partial charge in [-0.25, -0.2) is 8.78 Å². The summed E-state index contributed by atoms with van der Waals surface area (Å²) >= 11 is 5.72. The molecule has 2 aromatic carbocycles. The Balaban J connectivity index is 2.40. The Morgan fingerprint density at radius 1 is 1.14 bits per heavy atom. The summed E-state index contributed by atoms with van der Waals surface area (Å²) in [7, 11) is 0. The molecule has 0 radical (unpaired) electrons. The predicted octanol–water partition coefficient (Wildman–Crippen LogP) is 5.08. The molecular weight excluding hydrogens is 296 g/mol. The molecule has 2 aromatic rings. The van der Waals surface area contributed by atoms with Crippen molar-refractivity contribution in [1.82, 2.24) is 5.32 Å². The highest BCUT2D eigenvalue weighted by atomic mass is 35.5. The molecule has 0 aliphatic carbocycles. The highest BCUT2D eigenvalue weighted by Gasteiger charge is 2.18. The maximum atomic E-state index is 14.1. The molecule has 2 rings (SSSR count). The maximum absolute atomic E-state index is 14.1. The van der Waals surface area contributed by atoms with Gasteiger partial charge < -0.3 is 10.1 Å². The fourth-order valence-electron chi connectivity index (χ4n) is 2.12. The molecule has 1 atom stereocenters. The first-order valence-electron chi connectivity index (χ1n) is 6.68. The normalized spacial score (nSPS) is 12.2. The average Bonchev–Trinajstić information content (AvgIpc) is 2.44. The lowest BCUT2D eigenvalue weighted by atomic mass is 10.1. The number of benzene rings is 2. The number of hydrogen-bond acceptors (Lipinski definition) is 2. The molecule has 0 aromatic heterocycles. The Morgan fingerprint density at radius 3 is 2.52 bits per heavy atom. The minimum Gasteiger partial charge on any atom is -0.454 e. The third-order valence-corrected chi connectivity index (χ3v) is 3.38. The van der Waals surface area contributed by atoms with E-state index in [0.717, 1.165) is 0 Å². The molecule has 5 heteroatoms. The smallest absolute Gasteiger partial charge is 0.184 e. The molecule has 0 bridgehead atoms. The molecule has 0 aliphatic rings. The lowest BCUT2D eigenvalue weighted by Crippen LogP contribution is -2.19. The first kappa shape index (κ1) is 15.7. The number of hydrogen-bond donors (Lipinski definition) is 1. The van der Waals surface area contributed by atoms with Crippen molar-refractivity contribution >= 4 is 11.6 Å². The summed E-state index contributed by atoms with van der Waals surface area (Å²) in [5.41, 5.74) is 0.360. The van der Waals surface area contributed by atoms with E-state index in [0.29, 0.717) is 12.1 Å². The van der Waals surface area contributed by atoms with Crippen molar-refractivity contribution in [3.05, 3.63) is 58.6 Å². The zero-order chi connectivity index (χ0) is 15.4. The van der Waals surface area contributed by atoms with E-state index in [9.17, 15) is 8.78 Å². The molecule has 0 aliphatic heterocycles. The standard InChI is InChI=1S/C16H16ClF2NO/c1-3-20-10(2)15-12(18)7-5-8-13(15)21-14-9-4-6-11(17)16(14)19/h4-10,20H,3H2,1-2H3. The van der Waals surface area contributed by atoms with Gasteiger partial charge in [-0.05, 0) is 37.7 Å². The Morgan fingerprint density at radius 2 is 1.81 bits per heavy atom. The Hall–Kier alpha value is -1.65. The van der Waals surface area contributed by atoms with Crippen LogP contribution >= 0.6 is 11.6 Å². The zero-order valence-corrected chi connectivity index (χ0v) is 12.5. The molecule has 0 saturated heterocycles. The second-order valence-corrected chi connectivity index (χ2v) is 4.99. The van der Waals surface area contributed by atoms with Gasteiger partial charge in [-0.3, -0.25) is 0 Å². The van der Waals surface area contributed by atoms with Crippen LogP contribution in [0.4, 0.5) is 8.78 Å². The van der Waals surface area contributed by atoms with Crippen molar-refractivity contribution in [2.45, 2.75) is 19.9 Å². The van der Waals surface area contributed by atoms with Crippen molar-refractivity contribution in [2.75, 3.05) is 6.54 Å². The Bertz CT molecular complexity index is 634. The van der Waals surface area contributed by atoms with Crippen molar-refractivity contribution in [1.29, 1.82) is 0 Å². The molecule has 0 fully saturated rings. The predicted molar refractivity (Wildman–Crippen MR) is 80.0 cm³/mol. The van der Waals surface area contributed by atoms with Gasteiger partial charge in [0.2, 0.25) is 0 Å². The second-order valence-electron chi connectivity index (χ2n) is 4.59. The monoisotopic (exact) mass is 311 g/mol. The molecular formula is C16H16ClF2NO. The molecule has 2 nitrogen and oxygen atoms in total.